The molecule has 2 heterocycles. The number of carbonyl (C=O) groups excluding carboxylic acids is 2. The zero-order valence-corrected chi connectivity index (χ0v) is 16.3. The summed E-state index contributed by atoms with van der Waals surface area (Å²) in [5.41, 5.74) is -0.279. The van der Waals surface area contributed by atoms with Crippen molar-refractivity contribution in [1.29, 1.82) is 0 Å². The number of nitrogens with zero attached hydrogens (tertiary/aromatic N) is 2. The van der Waals surface area contributed by atoms with Crippen molar-refractivity contribution in [3.05, 3.63) is 107 Å². The van der Waals surface area contributed by atoms with Crippen molar-refractivity contribution < 1.29 is 22.8 Å². The van der Waals surface area contributed by atoms with E-state index in [2.05, 4.69) is 0 Å². The predicted octanol–water partition coefficient (Wildman–Crippen LogP) is 4.52. The van der Waals surface area contributed by atoms with Gasteiger partial charge in [0.25, 0.3) is 11.8 Å². The minimum atomic E-state index is -4.56. The van der Waals surface area contributed by atoms with Crippen molar-refractivity contribution in [2.24, 2.45) is 0 Å². The number of amides is 2. The van der Waals surface area contributed by atoms with Gasteiger partial charge in [0, 0.05) is 35.3 Å². The number of fused-ring (bicyclic) bond motifs is 3. The van der Waals surface area contributed by atoms with Crippen LogP contribution in [0.2, 0.25) is 0 Å². The zero-order chi connectivity index (χ0) is 21.8. The predicted molar refractivity (Wildman–Crippen MR) is 107 cm³/mol. The molecule has 7 heteroatoms. The van der Waals surface area contributed by atoms with E-state index in [9.17, 15) is 22.8 Å². The summed E-state index contributed by atoms with van der Waals surface area (Å²) in [5.74, 6) is -0.749. The van der Waals surface area contributed by atoms with Crippen LogP contribution in [0.25, 0.3) is 0 Å². The van der Waals surface area contributed by atoms with Gasteiger partial charge in [0.05, 0.1) is 5.56 Å². The summed E-state index contributed by atoms with van der Waals surface area (Å²) in [6.45, 7) is 0.497. The van der Waals surface area contributed by atoms with Crippen molar-refractivity contribution in [3.8, 4) is 0 Å². The number of rotatable bonds is 2. The Hall–Kier alpha value is -3.61. The Morgan fingerprint density at radius 1 is 0.871 bits per heavy atom. The molecule has 0 radical (unpaired) electrons. The molecule has 1 fully saturated rings. The minimum Gasteiger partial charge on any atom is -0.306 e. The van der Waals surface area contributed by atoms with E-state index in [0.29, 0.717) is 16.7 Å². The molecule has 5 rings (SSSR count). The SMILES string of the molecule is O=C(c1cccc(C(F)(F)F)c1)N1CCN2C(=O)c3ccccc3C12c1ccccc1. The van der Waals surface area contributed by atoms with Gasteiger partial charge in [-0.15, -0.1) is 0 Å². The largest absolute Gasteiger partial charge is 0.416 e. The molecule has 2 aliphatic heterocycles. The lowest BCUT2D eigenvalue weighted by Crippen LogP contribution is -2.51. The molecule has 156 valence electrons. The molecule has 0 spiro atoms. The van der Waals surface area contributed by atoms with Gasteiger partial charge in [-0.25, -0.2) is 0 Å². The maximum Gasteiger partial charge on any atom is 0.416 e. The number of hydrogen-bond donors (Lipinski definition) is 0. The maximum absolute atomic E-state index is 13.6. The monoisotopic (exact) mass is 422 g/mol. The van der Waals surface area contributed by atoms with Crippen LogP contribution in [0.1, 0.15) is 37.4 Å². The average molecular weight is 422 g/mol. The number of carbonyl (C=O) groups is 2. The lowest BCUT2D eigenvalue weighted by Gasteiger charge is -2.40. The van der Waals surface area contributed by atoms with Crippen LogP contribution >= 0.6 is 0 Å². The van der Waals surface area contributed by atoms with Crippen LogP contribution in [0.4, 0.5) is 13.2 Å². The van der Waals surface area contributed by atoms with Crippen LogP contribution in [0.15, 0.2) is 78.9 Å². The van der Waals surface area contributed by atoms with E-state index in [4.69, 9.17) is 0 Å². The van der Waals surface area contributed by atoms with E-state index >= 15 is 0 Å². The van der Waals surface area contributed by atoms with Crippen LogP contribution in [-0.4, -0.2) is 34.7 Å². The molecule has 0 saturated carbocycles. The van der Waals surface area contributed by atoms with Crippen molar-refractivity contribution in [2.45, 2.75) is 11.8 Å². The fraction of sp³-hybridized carbons (Fsp3) is 0.167. The van der Waals surface area contributed by atoms with Gasteiger partial charge < -0.3 is 9.80 Å². The quantitative estimate of drug-likeness (QED) is 0.610. The van der Waals surface area contributed by atoms with Gasteiger partial charge in [-0.1, -0.05) is 54.6 Å². The molecule has 0 N–H and O–H groups in total. The van der Waals surface area contributed by atoms with Gasteiger partial charge >= 0.3 is 6.18 Å². The first kappa shape index (κ1) is 19.4. The summed E-state index contributed by atoms with van der Waals surface area (Å²) in [6.07, 6.45) is -4.56. The minimum absolute atomic E-state index is 0.0659. The van der Waals surface area contributed by atoms with Crippen LogP contribution < -0.4 is 0 Å². The molecule has 2 aliphatic rings. The Morgan fingerprint density at radius 2 is 1.58 bits per heavy atom. The van der Waals surface area contributed by atoms with Crippen molar-refractivity contribution >= 4 is 11.8 Å². The molecule has 1 atom stereocenters. The summed E-state index contributed by atoms with van der Waals surface area (Å²) >= 11 is 0. The molecule has 0 aliphatic carbocycles. The van der Waals surface area contributed by atoms with Gasteiger partial charge in [0.15, 0.2) is 5.66 Å². The molecule has 1 saturated heterocycles. The van der Waals surface area contributed by atoms with Gasteiger partial charge in [-0.2, -0.15) is 13.2 Å². The topological polar surface area (TPSA) is 40.6 Å². The highest BCUT2D eigenvalue weighted by molar-refractivity contribution is 6.03. The van der Waals surface area contributed by atoms with Gasteiger partial charge in [0.2, 0.25) is 0 Å². The third-order valence-corrected chi connectivity index (χ3v) is 5.96. The molecule has 31 heavy (non-hydrogen) atoms. The fourth-order valence-corrected chi connectivity index (χ4v) is 4.70. The summed E-state index contributed by atoms with van der Waals surface area (Å²) in [7, 11) is 0. The summed E-state index contributed by atoms with van der Waals surface area (Å²) in [5, 5.41) is 0. The van der Waals surface area contributed by atoms with E-state index in [-0.39, 0.29) is 24.6 Å². The molecule has 0 bridgehead atoms. The molecular weight excluding hydrogens is 405 g/mol. The Kier molecular flexibility index (Phi) is 4.18. The second-order valence-corrected chi connectivity index (χ2v) is 7.58. The highest BCUT2D eigenvalue weighted by Crippen LogP contribution is 2.50. The molecule has 1 unspecified atom stereocenters. The Morgan fingerprint density at radius 3 is 2.32 bits per heavy atom. The summed E-state index contributed by atoms with van der Waals surface area (Å²) < 4.78 is 39.7. The van der Waals surface area contributed by atoms with Crippen LogP contribution in [0.5, 0.6) is 0 Å². The first-order valence-corrected chi connectivity index (χ1v) is 9.81. The second-order valence-electron chi connectivity index (χ2n) is 7.58. The van der Waals surface area contributed by atoms with Crippen molar-refractivity contribution in [1.82, 2.24) is 9.80 Å². The van der Waals surface area contributed by atoms with Crippen molar-refractivity contribution in [3.63, 3.8) is 0 Å². The van der Waals surface area contributed by atoms with E-state index < -0.39 is 23.3 Å². The van der Waals surface area contributed by atoms with Gasteiger partial charge in [-0.05, 0) is 24.3 Å². The number of hydrogen-bond acceptors (Lipinski definition) is 2. The molecule has 3 aromatic carbocycles. The maximum atomic E-state index is 13.6. The molecule has 3 aromatic rings. The fourth-order valence-electron chi connectivity index (χ4n) is 4.70. The highest BCUT2D eigenvalue weighted by Gasteiger charge is 2.59. The van der Waals surface area contributed by atoms with E-state index in [0.717, 1.165) is 12.1 Å². The standard InChI is InChI=1S/C24H17F3N2O2/c25-24(26,27)18-10-6-7-16(15-18)21(30)28-13-14-29-22(31)19-11-4-5-12-20(19)23(28,29)17-8-2-1-3-9-17/h1-12,15H,13-14H2. The third-order valence-electron chi connectivity index (χ3n) is 5.96. The lowest BCUT2D eigenvalue weighted by molar-refractivity contribution is -0.137. The van der Waals surface area contributed by atoms with Gasteiger partial charge in [0.1, 0.15) is 0 Å². The van der Waals surface area contributed by atoms with Crippen molar-refractivity contribution in [2.75, 3.05) is 13.1 Å². The highest BCUT2D eigenvalue weighted by atomic mass is 19.4. The first-order chi connectivity index (χ1) is 14.8. The lowest BCUT2D eigenvalue weighted by atomic mass is 9.89. The Balaban J connectivity index is 1.70. The summed E-state index contributed by atoms with van der Waals surface area (Å²) in [4.78, 5) is 29.9. The molecule has 2 amide bonds. The normalized spacial score (nSPS) is 20.0. The third kappa shape index (κ3) is 2.69. The Labute approximate surface area is 176 Å². The number of benzene rings is 3. The van der Waals surface area contributed by atoms with Crippen LogP contribution in [0.3, 0.4) is 0 Å². The molecular formula is C24H17F3N2O2. The zero-order valence-electron chi connectivity index (χ0n) is 16.3. The number of halogens is 3. The smallest absolute Gasteiger partial charge is 0.306 e. The van der Waals surface area contributed by atoms with Crippen LogP contribution in [-0.2, 0) is 11.8 Å². The van der Waals surface area contributed by atoms with Crippen LogP contribution in [0, 0.1) is 0 Å². The summed E-state index contributed by atoms with van der Waals surface area (Å²) in [6, 6.07) is 20.6. The van der Waals surface area contributed by atoms with Gasteiger partial charge in [-0.3, -0.25) is 9.59 Å². The second kappa shape index (κ2) is 6.70. The van der Waals surface area contributed by atoms with E-state index in [1.165, 1.54) is 17.0 Å². The molecule has 4 nitrogen and oxygen atoms in total. The van der Waals surface area contributed by atoms with E-state index in [1.807, 2.05) is 30.3 Å². The van der Waals surface area contributed by atoms with E-state index in [1.54, 1.807) is 29.2 Å². The first-order valence-electron chi connectivity index (χ1n) is 9.81. The number of alkyl halides is 3. The Bertz CT molecular complexity index is 1190. The molecule has 0 aromatic heterocycles. The average Bonchev–Trinajstić information content (AvgIpc) is 3.29.